The normalized spacial score (nSPS) is 15.4. The number of allylic oxidation sites excluding steroid dienone is 2. The quantitative estimate of drug-likeness (QED) is 0.473. The lowest BCUT2D eigenvalue weighted by atomic mass is 9.65. The highest BCUT2D eigenvalue weighted by molar-refractivity contribution is 7.19. The summed E-state index contributed by atoms with van der Waals surface area (Å²) < 4.78 is 1.36. The van der Waals surface area contributed by atoms with E-state index in [2.05, 4.69) is 0 Å². The van der Waals surface area contributed by atoms with E-state index < -0.39 is 0 Å². The average Bonchev–Trinajstić information content (AvgIpc) is 2.89. The predicted octanol–water partition coefficient (Wildman–Crippen LogP) is -3.78. The molecule has 0 aliphatic carbocycles. The van der Waals surface area contributed by atoms with Gasteiger partial charge >= 0.3 is 0 Å². The Morgan fingerprint density at radius 3 is 1.78 bits per heavy atom. The lowest BCUT2D eigenvalue weighted by Gasteiger charge is -2.14. The maximum Gasteiger partial charge on any atom is 0.114 e. The van der Waals surface area contributed by atoms with E-state index in [1.807, 2.05) is 0 Å². The van der Waals surface area contributed by atoms with Crippen LogP contribution in [0.2, 0.25) is 0 Å². The van der Waals surface area contributed by atoms with Crippen molar-refractivity contribution in [3.05, 3.63) is 20.7 Å². The highest BCUT2D eigenvalue weighted by atomic mass is 32.1. The molecule has 92 valence electrons. The monoisotopic (exact) mass is 294 g/mol. The van der Waals surface area contributed by atoms with E-state index in [1.165, 1.54) is 11.3 Å². The number of rotatable bonds is 1. The topological polar surface area (TPSA) is 0 Å². The molecule has 0 aliphatic heterocycles. The number of fused-ring (bicyclic) bond motifs is 1. The van der Waals surface area contributed by atoms with Crippen LogP contribution < -0.4 is 31.6 Å². The van der Waals surface area contributed by atoms with Gasteiger partial charge in [0.05, 0.1) is 0 Å². The van der Waals surface area contributed by atoms with E-state index >= 15 is 0 Å². The molecule has 0 nitrogen and oxygen atoms in total. The van der Waals surface area contributed by atoms with Gasteiger partial charge in [-0.2, -0.15) is 0 Å². The molecule has 0 fully saturated rings. The van der Waals surface area contributed by atoms with Gasteiger partial charge < -0.3 is 0 Å². The second kappa shape index (κ2) is 6.59. The van der Waals surface area contributed by atoms with Crippen molar-refractivity contribution < 1.29 is 0 Å². The number of hydrogen-bond acceptors (Lipinski definition) is 1. The van der Waals surface area contributed by atoms with Crippen LogP contribution in [0.5, 0.6) is 0 Å². The minimum Gasteiger partial charge on any atom is -0.137 e. The molecule has 0 amide bonds. The van der Waals surface area contributed by atoms with Crippen molar-refractivity contribution in [2.75, 3.05) is 0 Å². The molecule has 0 spiro atoms. The van der Waals surface area contributed by atoms with Crippen molar-refractivity contribution in [1.82, 2.24) is 0 Å². The molecule has 1 aromatic carbocycles. The summed E-state index contributed by atoms with van der Waals surface area (Å²) in [6.45, 7) is 3.40. The molecule has 2 aromatic rings. The second-order valence-electron chi connectivity index (χ2n) is 5.36. The van der Waals surface area contributed by atoms with E-state index in [4.69, 9.17) is 62.8 Å². The third-order valence-corrected chi connectivity index (χ3v) is 4.99. The summed E-state index contributed by atoms with van der Waals surface area (Å²) in [5, 5.41) is 1.16. The van der Waals surface area contributed by atoms with Gasteiger partial charge in [-0.1, -0.05) is 30.2 Å². The Balaban J connectivity index is 3.32. The Morgan fingerprint density at radius 2 is 1.30 bits per heavy atom. The molecule has 16 radical (unpaired) electrons. The Bertz CT molecular complexity index is 959. The van der Waals surface area contributed by atoms with Gasteiger partial charge in [0.1, 0.15) is 62.8 Å². The molecule has 2 rings (SSSR count). The zero-order valence-electron chi connectivity index (χ0n) is 13.0. The molecular formula is C14H6B8S. The van der Waals surface area contributed by atoms with Gasteiger partial charge in [0.25, 0.3) is 0 Å². The first-order valence-corrected chi connectivity index (χ1v) is 7.53. The standard InChI is InChI=1S/C14H6B8S/c1-3(15)7(17)8(18)5-6-9(19)10(20)11(21)12(22)14(6)23-13(5)4(2)16/h1-2H3/b7-3-,8-5+,13-4-. The van der Waals surface area contributed by atoms with Gasteiger partial charge in [0.15, 0.2) is 0 Å². The van der Waals surface area contributed by atoms with Gasteiger partial charge in [-0.25, -0.2) is 0 Å². The van der Waals surface area contributed by atoms with Gasteiger partial charge in [-0.05, 0) is 10.6 Å². The van der Waals surface area contributed by atoms with Crippen molar-refractivity contribution in [3.8, 4) is 0 Å². The fourth-order valence-electron chi connectivity index (χ4n) is 2.31. The van der Waals surface area contributed by atoms with E-state index in [0.29, 0.717) is 36.2 Å². The average molecular weight is 293 g/mol. The Kier molecular flexibility index (Phi) is 5.30. The smallest absolute Gasteiger partial charge is 0.114 e. The van der Waals surface area contributed by atoms with Crippen molar-refractivity contribution in [1.29, 1.82) is 0 Å². The number of hydrogen-bond donors (Lipinski definition) is 0. The highest BCUT2D eigenvalue weighted by Gasteiger charge is 2.13. The first kappa shape index (κ1) is 18.5. The van der Waals surface area contributed by atoms with Crippen molar-refractivity contribution in [2.24, 2.45) is 0 Å². The fourth-order valence-corrected chi connectivity index (χ4v) is 3.52. The molecule has 0 unspecified atom stereocenters. The fraction of sp³-hybridized carbons (Fsp3) is 0.143. The van der Waals surface area contributed by atoms with Crippen LogP contribution in [0.15, 0.2) is 10.9 Å². The van der Waals surface area contributed by atoms with E-state index in [-0.39, 0.29) is 27.3 Å². The van der Waals surface area contributed by atoms with Crippen LogP contribution >= 0.6 is 11.3 Å². The maximum absolute atomic E-state index is 6.22. The maximum atomic E-state index is 6.22. The van der Waals surface area contributed by atoms with Crippen molar-refractivity contribution in [3.63, 3.8) is 0 Å². The zero-order chi connectivity index (χ0) is 17.6. The van der Waals surface area contributed by atoms with Crippen LogP contribution in [-0.2, 0) is 0 Å². The first-order valence-electron chi connectivity index (χ1n) is 6.72. The van der Waals surface area contributed by atoms with E-state index in [1.54, 1.807) is 13.8 Å². The minimum atomic E-state index is 0.204. The SMILES string of the molecule is [B]/C(C)=C([B])/C([B])=c1\c(=C(\[B])C)sc2c([B])c([B])c([B])c([B])c12. The largest absolute Gasteiger partial charge is 0.137 e. The summed E-state index contributed by atoms with van der Waals surface area (Å²) in [6, 6.07) is 0. The number of benzene rings is 1. The van der Waals surface area contributed by atoms with Gasteiger partial charge in [-0.15, -0.1) is 38.7 Å². The third kappa shape index (κ3) is 2.97. The van der Waals surface area contributed by atoms with Crippen LogP contribution in [0.4, 0.5) is 0 Å². The predicted molar refractivity (Wildman–Crippen MR) is 111 cm³/mol. The Hall–Kier alpha value is -0.821. The first-order chi connectivity index (χ1) is 10.6. The molecule has 0 N–H and O–H groups in total. The Morgan fingerprint density at radius 1 is 0.783 bits per heavy atom. The van der Waals surface area contributed by atoms with Crippen LogP contribution in [0.1, 0.15) is 13.8 Å². The summed E-state index contributed by atoms with van der Waals surface area (Å²) >= 11 is 1.33. The highest BCUT2D eigenvalue weighted by Crippen LogP contribution is 2.11. The summed E-state index contributed by atoms with van der Waals surface area (Å²) in [5.74, 6) is 0. The molecule has 1 aromatic heterocycles. The zero-order valence-corrected chi connectivity index (χ0v) is 13.8. The molecular weight excluding hydrogens is 287 g/mol. The third-order valence-electron chi connectivity index (χ3n) is 3.64. The molecule has 0 bridgehead atoms. The molecule has 0 atom stereocenters. The van der Waals surface area contributed by atoms with Crippen molar-refractivity contribution in [2.45, 2.75) is 13.8 Å². The van der Waals surface area contributed by atoms with Crippen LogP contribution in [-0.4, -0.2) is 62.8 Å². The molecule has 23 heavy (non-hydrogen) atoms. The lowest BCUT2D eigenvalue weighted by molar-refractivity contribution is 1.63. The minimum absolute atomic E-state index is 0.204. The molecule has 0 aliphatic rings. The summed E-state index contributed by atoms with van der Waals surface area (Å²) in [7, 11) is 48.1. The summed E-state index contributed by atoms with van der Waals surface area (Å²) in [4.78, 5) is 0. The lowest BCUT2D eigenvalue weighted by Crippen LogP contribution is -2.48. The molecule has 1 heterocycles. The van der Waals surface area contributed by atoms with Gasteiger partial charge in [-0.3, -0.25) is 0 Å². The summed E-state index contributed by atoms with van der Waals surface area (Å²) in [5.41, 5.74) is 2.52. The Labute approximate surface area is 151 Å². The van der Waals surface area contributed by atoms with Crippen molar-refractivity contribution >= 4 is 117 Å². The molecule has 0 saturated heterocycles. The van der Waals surface area contributed by atoms with Crippen LogP contribution in [0, 0.1) is 0 Å². The molecule has 0 saturated carbocycles. The van der Waals surface area contributed by atoms with E-state index in [9.17, 15) is 0 Å². The number of thiophene rings is 1. The van der Waals surface area contributed by atoms with Gasteiger partial charge in [0, 0.05) is 9.23 Å². The molecule has 9 heteroatoms. The van der Waals surface area contributed by atoms with Gasteiger partial charge in [0.2, 0.25) is 0 Å². The van der Waals surface area contributed by atoms with Crippen LogP contribution in [0.25, 0.3) is 21.0 Å². The summed E-state index contributed by atoms with van der Waals surface area (Å²) in [6.07, 6.45) is 0. The second-order valence-corrected chi connectivity index (χ2v) is 6.38. The van der Waals surface area contributed by atoms with E-state index in [0.717, 1.165) is 0 Å². The van der Waals surface area contributed by atoms with Crippen LogP contribution in [0.3, 0.4) is 0 Å².